The molecule has 6 rings (SSSR count). The third kappa shape index (κ3) is 3.80. The number of rotatable bonds is 4. The molecule has 168 valence electrons. The second-order valence-electron chi connectivity index (χ2n) is 9.89. The minimum Gasteiger partial charge on any atom is -0.378 e. The molecule has 1 aliphatic heterocycles. The van der Waals surface area contributed by atoms with Crippen molar-refractivity contribution in [3.63, 3.8) is 0 Å². The molecule has 4 aliphatic carbocycles. The molecule has 0 atom stereocenters. The van der Waals surface area contributed by atoms with Crippen LogP contribution in [0.25, 0.3) is 0 Å². The summed E-state index contributed by atoms with van der Waals surface area (Å²) in [7, 11) is 0. The zero-order chi connectivity index (χ0) is 21.6. The molecule has 4 bridgehead atoms. The summed E-state index contributed by atoms with van der Waals surface area (Å²) in [5.74, 6) is 6.18. The third-order valence-corrected chi connectivity index (χ3v) is 7.87. The summed E-state index contributed by atoms with van der Waals surface area (Å²) < 4.78 is 20.4. The molecule has 3 N–H and O–H groups in total. The second-order valence-corrected chi connectivity index (χ2v) is 9.89. The van der Waals surface area contributed by atoms with Gasteiger partial charge in [0.2, 0.25) is 0 Å². The quantitative estimate of drug-likeness (QED) is 0.437. The van der Waals surface area contributed by atoms with Crippen LogP contribution >= 0.6 is 0 Å². The summed E-state index contributed by atoms with van der Waals surface area (Å²) in [6, 6.07) is 4.38. The predicted molar refractivity (Wildman–Crippen MR) is 112 cm³/mol. The molecule has 0 unspecified atom stereocenters. The number of hydrogen-bond donors (Lipinski definition) is 2. The van der Waals surface area contributed by atoms with E-state index < -0.39 is 11.7 Å². The summed E-state index contributed by atoms with van der Waals surface area (Å²) in [5, 5.41) is 0. The average molecular weight is 431 g/mol. The van der Waals surface area contributed by atoms with Gasteiger partial charge in [0.05, 0.1) is 19.8 Å². The van der Waals surface area contributed by atoms with Crippen LogP contribution in [-0.2, 0) is 11.3 Å². The Morgan fingerprint density at radius 1 is 1.13 bits per heavy atom. The molecule has 31 heavy (non-hydrogen) atoms. The SMILES string of the molecule is NNC(=O)c1ccc(CN(C(=O)N2CCOCC2)C23CC4CC(CC(C4)C2)C3)c(F)c1. The summed E-state index contributed by atoms with van der Waals surface area (Å²) >= 11 is 0. The zero-order valence-corrected chi connectivity index (χ0v) is 17.8. The van der Waals surface area contributed by atoms with Gasteiger partial charge in [0.15, 0.2) is 0 Å². The number of halogens is 1. The van der Waals surface area contributed by atoms with E-state index in [0.717, 1.165) is 19.3 Å². The maximum absolute atomic E-state index is 15.0. The van der Waals surface area contributed by atoms with Crippen LogP contribution in [-0.4, -0.2) is 53.6 Å². The van der Waals surface area contributed by atoms with Gasteiger partial charge >= 0.3 is 6.03 Å². The number of nitrogens with two attached hydrogens (primary N) is 1. The molecule has 0 spiro atoms. The zero-order valence-electron chi connectivity index (χ0n) is 17.8. The van der Waals surface area contributed by atoms with Gasteiger partial charge in [-0.05, 0) is 68.4 Å². The van der Waals surface area contributed by atoms with E-state index in [1.54, 1.807) is 12.1 Å². The van der Waals surface area contributed by atoms with Gasteiger partial charge in [0.1, 0.15) is 5.82 Å². The lowest BCUT2D eigenvalue weighted by atomic mass is 9.52. The first-order valence-corrected chi connectivity index (χ1v) is 11.4. The molecule has 1 saturated heterocycles. The minimum absolute atomic E-state index is 0.00609. The maximum atomic E-state index is 15.0. The number of carbonyl (C=O) groups excluding carboxylic acids is 2. The van der Waals surface area contributed by atoms with Crippen molar-refractivity contribution in [2.45, 2.75) is 50.6 Å². The van der Waals surface area contributed by atoms with Gasteiger partial charge in [-0.25, -0.2) is 15.0 Å². The molecule has 1 aromatic rings. The van der Waals surface area contributed by atoms with Gasteiger partial charge in [-0.2, -0.15) is 0 Å². The van der Waals surface area contributed by atoms with E-state index in [4.69, 9.17) is 10.6 Å². The Labute approximate surface area is 182 Å². The Bertz CT molecular complexity index is 835. The van der Waals surface area contributed by atoms with E-state index in [0.29, 0.717) is 49.6 Å². The average Bonchev–Trinajstić information content (AvgIpc) is 2.76. The summed E-state index contributed by atoms with van der Waals surface area (Å²) in [5.41, 5.74) is 2.45. The van der Waals surface area contributed by atoms with E-state index in [1.807, 2.05) is 15.2 Å². The number of carbonyl (C=O) groups is 2. The predicted octanol–water partition coefficient (Wildman–Crippen LogP) is 2.65. The lowest BCUT2D eigenvalue weighted by Crippen LogP contribution is -2.64. The molecule has 3 amide bonds. The van der Waals surface area contributed by atoms with Gasteiger partial charge in [-0.1, -0.05) is 6.07 Å². The number of nitrogens with zero attached hydrogens (tertiary/aromatic N) is 2. The van der Waals surface area contributed by atoms with Crippen molar-refractivity contribution in [1.29, 1.82) is 0 Å². The van der Waals surface area contributed by atoms with Crippen LogP contribution < -0.4 is 11.3 Å². The highest BCUT2D eigenvalue weighted by Crippen LogP contribution is 2.58. The third-order valence-electron chi connectivity index (χ3n) is 7.87. The summed E-state index contributed by atoms with van der Waals surface area (Å²) in [4.78, 5) is 29.3. The topological polar surface area (TPSA) is 87.9 Å². The van der Waals surface area contributed by atoms with Gasteiger partial charge in [0.25, 0.3) is 5.91 Å². The fourth-order valence-electron chi connectivity index (χ4n) is 6.83. The normalized spacial score (nSPS) is 31.5. The number of hydrazine groups is 1. The smallest absolute Gasteiger partial charge is 0.320 e. The van der Waals surface area contributed by atoms with E-state index in [2.05, 4.69) is 0 Å². The standard InChI is InChI=1S/C23H31FN4O3/c24-20-10-18(21(29)26-25)1-2-19(20)14-28(22(30)27-3-5-31-6-4-27)23-11-15-7-16(12-23)9-17(8-15)13-23/h1-2,10,15-17H,3-9,11-14,25H2,(H,26,29). The molecule has 0 aromatic heterocycles. The van der Waals surface area contributed by atoms with Crippen molar-refractivity contribution in [2.24, 2.45) is 23.6 Å². The number of nitrogens with one attached hydrogen (secondary N) is 1. The Balaban J connectivity index is 1.46. The number of urea groups is 1. The van der Waals surface area contributed by atoms with Gasteiger partial charge in [0, 0.05) is 29.8 Å². The Hall–Kier alpha value is -2.19. The Morgan fingerprint density at radius 2 is 1.74 bits per heavy atom. The van der Waals surface area contributed by atoms with Crippen molar-refractivity contribution in [3.05, 3.63) is 35.1 Å². The van der Waals surface area contributed by atoms with Crippen LogP contribution in [0.5, 0.6) is 0 Å². The van der Waals surface area contributed by atoms with E-state index in [9.17, 15) is 14.0 Å². The largest absolute Gasteiger partial charge is 0.378 e. The molecule has 4 saturated carbocycles. The van der Waals surface area contributed by atoms with Gasteiger partial charge in [-0.15, -0.1) is 0 Å². The first kappa shape index (κ1) is 20.7. The minimum atomic E-state index is -0.534. The van der Waals surface area contributed by atoms with Crippen molar-refractivity contribution in [1.82, 2.24) is 15.2 Å². The van der Waals surface area contributed by atoms with Crippen LogP contribution in [0.15, 0.2) is 18.2 Å². The fraction of sp³-hybridized carbons (Fsp3) is 0.652. The van der Waals surface area contributed by atoms with Crippen LogP contribution in [0.4, 0.5) is 9.18 Å². The molecule has 8 heteroatoms. The van der Waals surface area contributed by atoms with Crippen molar-refractivity contribution in [3.8, 4) is 0 Å². The van der Waals surface area contributed by atoms with Crippen molar-refractivity contribution in [2.75, 3.05) is 26.3 Å². The molecule has 7 nitrogen and oxygen atoms in total. The summed E-state index contributed by atoms with van der Waals surface area (Å²) in [6.45, 7) is 2.44. The fourth-order valence-corrected chi connectivity index (χ4v) is 6.83. The highest BCUT2D eigenvalue weighted by Gasteiger charge is 2.55. The van der Waals surface area contributed by atoms with Crippen molar-refractivity contribution < 1.29 is 18.7 Å². The van der Waals surface area contributed by atoms with Crippen LogP contribution in [0.2, 0.25) is 0 Å². The summed E-state index contributed by atoms with van der Waals surface area (Å²) in [6.07, 6.45) is 6.88. The van der Waals surface area contributed by atoms with Crippen LogP contribution in [0, 0.1) is 23.6 Å². The monoisotopic (exact) mass is 430 g/mol. The van der Waals surface area contributed by atoms with Gasteiger partial charge < -0.3 is 14.5 Å². The molecule has 1 aromatic carbocycles. The number of benzene rings is 1. The lowest BCUT2D eigenvalue weighted by molar-refractivity contribution is -0.0810. The first-order valence-electron chi connectivity index (χ1n) is 11.4. The van der Waals surface area contributed by atoms with Crippen LogP contribution in [0.3, 0.4) is 0 Å². The number of nitrogen functional groups attached to an aromatic ring is 1. The Morgan fingerprint density at radius 3 is 2.29 bits per heavy atom. The highest BCUT2D eigenvalue weighted by molar-refractivity contribution is 5.93. The molecular formula is C23H31FN4O3. The van der Waals surface area contributed by atoms with E-state index >= 15 is 0 Å². The number of amides is 3. The molecular weight excluding hydrogens is 399 g/mol. The molecule has 0 radical (unpaired) electrons. The Kier molecular flexibility index (Phi) is 5.38. The highest BCUT2D eigenvalue weighted by atomic mass is 19.1. The van der Waals surface area contributed by atoms with Crippen molar-refractivity contribution >= 4 is 11.9 Å². The van der Waals surface area contributed by atoms with Gasteiger partial charge in [-0.3, -0.25) is 10.2 Å². The molecule has 5 fully saturated rings. The first-order chi connectivity index (χ1) is 15.0. The maximum Gasteiger partial charge on any atom is 0.320 e. The number of hydrogen-bond acceptors (Lipinski definition) is 4. The number of morpholine rings is 1. The lowest BCUT2D eigenvalue weighted by Gasteiger charge is -2.60. The van der Waals surface area contributed by atoms with E-state index in [-0.39, 0.29) is 23.7 Å². The second kappa shape index (κ2) is 8.06. The molecule has 1 heterocycles. The van der Waals surface area contributed by atoms with Crippen LogP contribution in [0.1, 0.15) is 54.4 Å². The number of ether oxygens (including phenoxy) is 1. The molecule has 5 aliphatic rings. The van der Waals surface area contributed by atoms with E-state index in [1.165, 1.54) is 25.3 Å².